The van der Waals surface area contributed by atoms with E-state index in [0.29, 0.717) is 22.7 Å². The predicted octanol–water partition coefficient (Wildman–Crippen LogP) is 3.61. The van der Waals surface area contributed by atoms with Gasteiger partial charge in [-0.1, -0.05) is 29.9 Å². The topological polar surface area (TPSA) is 72.4 Å². The zero-order chi connectivity index (χ0) is 20.5. The molecule has 1 amide bonds. The number of carbonyl (C=O) groups is 1. The highest BCUT2D eigenvalue weighted by atomic mass is 19.1. The second-order valence-corrected chi connectivity index (χ2v) is 5.66. The fourth-order valence-electron chi connectivity index (χ4n) is 2.43. The van der Waals surface area contributed by atoms with Crippen molar-refractivity contribution >= 4 is 17.5 Å². The van der Waals surface area contributed by atoms with Gasteiger partial charge in [0, 0.05) is 18.2 Å². The van der Waals surface area contributed by atoms with Crippen LogP contribution in [0.2, 0.25) is 0 Å². The number of benzene rings is 2. The van der Waals surface area contributed by atoms with Gasteiger partial charge in [-0.25, -0.2) is 9.18 Å². The van der Waals surface area contributed by atoms with Crippen molar-refractivity contribution in [2.24, 2.45) is 5.16 Å². The number of oxime groups is 1. The molecule has 1 N–H and O–H groups in total. The van der Waals surface area contributed by atoms with Gasteiger partial charge in [-0.2, -0.15) is 0 Å². The predicted molar refractivity (Wildman–Crippen MR) is 104 cm³/mol. The van der Waals surface area contributed by atoms with Crippen molar-refractivity contribution in [2.75, 3.05) is 26.2 Å². The van der Waals surface area contributed by atoms with Crippen LogP contribution in [-0.4, -0.2) is 33.1 Å². The second kappa shape index (κ2) is 10.1. The minimum Gasteiger partial charge on any atom is -0.452 e. The zero-order valence-corrected chi connectivity index (χ0v) is 15.9. The molecule has 8 heteroatoms. The van der Waals surface area contributed by atoms with E-state index in [1.807, 2.05) is 18.2 Å². The number of allylic oxidation sites excluding steroid dienone is 1. The van der Waals surface area contributed by atoms with E-state index in [2.05, 4.69) is 17.2 Å². The molecular formula is C20H22FN3O4. The van der Waals surface area contributed by atoms with Crippen molar-refractivity contribution in [3.63, 3.8) is 0 Å². The normalized spacial score (nSPS) is 10.9. The number of hydrogen-bond donors (Lipinski definition) is 1. The summed E-state index contributed by atoms with van der Waals surface area (Å²) in [5.41, 5.74) is 5.40. The van der Waals surface area contributed by atoms with Gasteiger partial charge in [0.25, 0.3) is 0 Å². The van der Waals surface area contributed by atoms with Crippen LogP contribution in [-0.2, 0) is 21.0 Å². The molecule has 2 rings (SSSR count). The summed E-state index contributed by atoms with van der Waals surface area (Å²) in [4.78, 5) is 23.5. The maximum absolute atomic E-state index is 13.1. The Labute approximate surface area is 162 Å². The van der Waals surface area contributed by atoms with Crippen LogP contribution in [0.5, 0.6) is 0 Å². The van der Waals surface area contributed by atoms with Gasteiger partial charge >= 0.3 is 6.09 Å². The molecule has 0 atom stereocenters. The Morgan fingerprint density at radius 1 is 1.18 bits per heavy atom. The number of halogens is 1. The summed E-state index contributed by atoms with van der Waals surface area (Å²) >= 11 is 0. The highest BCUT2D eigenvalue weighted by Gasteiger charge is 2.15. The number of nitrogens with one attached hydrogen (secondary N) is 1. The van der Waals surface area contributed by atoms with E-state index in [9.17, 15) is 9.18 Å². The van der Waals surface area contributed by atoms with E-state index in [1.54, 1.807) is 25.2 Å². The standard InChI is InChI=1S/C20H22FN3O4/c1-14(19(23-27-4)15-9-11-17(21)12-10-15)22-28-13-16-7-5-6-8-18(16)24(2)20(25)26-3/h5-12,22H,1,13H2,2-4H3. The molecule has 148 valence electrons. The molecule has 0 saturated carbocycles. The summed E-state index contributed by atoms with van der Waals surface area (Å²) < 4.78 is 17.9. The van der Waals surface area contributed by atoms with Crippen molar-refractivity contribution < 1.29 is 23.6 Å². The van der Waals surface area contributed by atoms with Gasteiger partial charge < -0.3 is 9.57 Å². The lowest BCUT2D eigenvalue weighted by Gasteiger charge is -2.19. The first kappa shape index (κ1) is 20.9. The number of rotatable bonds is 8. The summed E-state index contributed by atoms with van der Waals surface area (Å²) in [5, 5.41) is 3.91. The smallest absolute Gasteiger partial charge is 0.413 e. The largest absolute Gasteiger partial charge is 0.452 e. The molecule has 7 nitrogen and oxygen atoms in total. The Balaban J connectivity index is 2.06. The van der Waals surface area contributed by atoms with Gasteiger partial charge in [-0.3, -0.25) is 15.2 Å². The van der Waals surface area contributed by atoms with Crippen LogP contribution in [0.3, 0.4) is 0 Å². The first-order valence-corrected chi connectivity index (χ1v) is 8.31. The van der Waals surface area contributed by atoms with Crippen molar-refractivity contribution in [3.8, 4) is 0 Å². The van der Waals surface area contributed by atoms with Crippen molar-refractivity contribution in [1.29, 1.82) is 0 Å². The fraction of sp³-hybridized carbons (Fsp3) is 0.200. The average Bonchev–Trinajstić information content (AvgIpc) is 2.72. The third-order valence-corrected chi connectivity index (χ3v) is 3.81. The number of carbonyl (C=O) groups excluding carboxylic acids is 1. The van der Waals surface area contributed by atoms with Crippen LogP contribution in [0.15, 0.2) is 66.0 Å². The Morgan fingerprint density at radius 2 is 1.86 bits per heavy atom. The van der Waals surface area contributed by atoms with Crippen molar-refractivity contribution in [3.05, 3.63) is 77.8 Å². The molecule has 28 heavy (non-hydrogen) atoms. The first-order valence-electron chi connectivity index (χ1n) is 8.31. The van der Waals surface area contributed by atoms with Gasteiger partial charge in [0.05, 0.1) is 18.5 Å². The molecule has 0 aromatic heterocycles. The molecule has 2 aromatic carbocycles. The Bertz CT molecular complexity index is 853. The lowest BCUT2D eigenvalue weighted by atomic mass is 10.1. The third kappa shape index (κ3) is 5.31. The molecule has 0 fully saturated rings. The number of hydrogen-bond acceptors (Lipinski definition) is 6. The number of hydroxylamine groups is 1. The van der Waals surface area contributed by atoms with E-state index in [4.69, 9.17) is 14.4 Å². The number of methoxy groups -OCH3 is 1. The lowest BCUT2D eigenvalue weighted by Crippen LogP contribution is -2.27. The van der Waals surface area contributed by atoms with Gasteiger partial charge in [0.2, 0.25) is 0 Å². The molecule has 0 bridgehead atoms. The summed E-state index contributed by atoms with van der Waals surface area (Å²) in [6.07, 6.45) is -0.490. The first-order chi connectivity index (χ1) is 13.5. The summed E-state index contributed by atoms with van der Waals surface area (Å²) in [6, 6.07) is 13.0. The van der Waals surface area contributed by atoms with Crippen molar-refractivity contribution in [1.82, 2.24) is 5.48 Å². The number of para-hydroxylation sites is 1. The Kier molecular flexibility index (Phi) is 7.53. The third-order valence-electron chi connectivity index (χ3n) is 3.81. The maximum Gasteiger partial charge on any atom is 0.413 e. The molecule has 0 saturated heterocycles. The van der Waals surface area contributed by atoms with Crippen LogP contribution < -0.4 is 10.4 Å². The molecule has 0 aliphatic rings. The van der Waals surface area contributed by atoms with Crippen LogP contribution >= 0.6 is 0 Å². The molecule has 0 aliphatic heterocycles. The summed E-state index contributed by atoms with van der Waals surface area (Å²) in [5.74, 6) is -0.360. The lowest BCUT2D eigenvalue weighted by molar-refractivity contribution is 0.0533. The molecule has 0 aliphatic carbocycles. The van der Waals surface area contributed by atoms with Crippen LogP contribution in [0.4, 0.5) is 14.9 Å². The Hall–Kier alpha value is -3.39. The molecule has 0 unspecified atom stereocenters. The summed E-state index contributed by atoms with van der Waals surface area (Å²) in [7, 11) is 4.32. The number of nitrogens with zero attached hydrogens (tertiary/aromatic N) is 2. The van der Waals surface area contributed by atoms with Gasteiger partial charge in [0.15, 0.2) is 0 Å². The molecule has 0 spiro atoms. The van der Waals surface area contributed by atoms with E-state index in [-0.39, 0.29) is 12.4 Å². The minimum atomic E-state index is -0.490. The molecular weight excluding hydrogens is 365 g/mol. The summed E-state index contributed by atoms with van der Waals surface area (Å²) in [6.45, 7) is 4.02. The minimum absolute atomic E-state index is 0.139. The molecule has 2 aromatic rings. The maximum atomic E-state index is 13.1. The molecule has 0 radical (unpaired) electrons. The van der Waals surface area contributed by atoms with Crippen LogP contribution in [0.1, 0.15) is 11.1 Å². The zero-order valence-electron chi connectivity index (χ0n) is 15.9. The molecule has 0 heterocycles. The highest BCUT2D eigenvalue weighted by Crippen LogP contribution is 2.20. The Morgan fingerprint density at radius 3 is 2.50 bits per heavy atom. The van der Waals surface area contributed by atoms with E-state index >= 15 is 0 Å². The van der Waals surface area contributed by atoms with E-state index in [0.717, 1.165) is 5.56 Å². The monoisotopic (exact) mass is 387 g/mol. The number of anilines is 1. The van der Waals surface area contributed by atoms with Gasteiger partial charge in [-0.15, -0.1) is 0 Å². The van der Waals surface area contributed by atoms with Crippen LogP contribution in [0, 0.1) is 5.82 Å². The van der Waals surface area contributed by atoms with E-state index in [1.165, 1.54) is 31.3 Å². The number of amides is 1. The van der Waals surface area contributed by atoms with Gasteiger partial charge in [0.1, 0.15) is 25.2 Å². The fourth-order valence-corrected chi connectivity index (χ4v) is 2.43. The number of ether oxygens (including phenoxy) is 1. The highest BCUT2D eigenvalue weighted by molar-refractivity contribution is 6.11. The second-order valence-electron chi connectivity index (χ2n) is 5.66. The van der Waals surface area contributed by atoms with Crippen molar-refractivity contribution in [2.45, 2.75) is 6.61 Å². The quantitative estimate of drug-likeness (QED) is 0.553. The van der Waals surface area contributed by atoms with E-state index < -0.39 is 6.09 Å². The average molecular weight is 387 g/mol. The van der Waals surface area contributed by atoms with Crippen LogP contribution in [0.25, 0.3) is 0 Å². The van der Waals surface area contributed by atoms with Gasteiger partial charge in [-0.05, 0) is 30.3 Å². The SMILES string of the molecule is C=C(NOCc1ccccc1N(C)C(=O)OC)C(=NOC)c1ccc(F)cc1.